The van der Waals surface area contributed by atoms with Crippen molar-refractivity contribution in [1.29, 1.82) is 0 Å². The number of benzene rings is 1. The van der Waals surface area contributed by atoms with Crippen LogP contribution in [0.4, 0.5) is 0 Å². The van der Waals surface area contributed by atoms with Crippen LogP contribution in [-0.4, -0.2) is 16.3 Å². The summed E-state index contributed by atoms with van der Waals surface area (Å²) in [5.74, 6) is 0.659. The van der Waals surface area contributed by atoms with E-state index < -0.39 is 0 Å². The van der Waals surface area contributed by atoms with Crippen molar-refractivity contribution >= 4 is 27.5 Å². The fourth-order valence-electron chi connectivity index (χ4n) is 1.91. The van der Waals surface area contributed by atoms with Crippen molar-refractivity contribution in [3.63, 3.8) is 0 Å². The summed E-state index contributed by atoms with van der Waals surface area (Å²) in [6.45, 7) is 8.20. The van der Waals surface area contributed by atoms with E-state index in [4.69, 9.17) is 11.6 Å². The Labute approximate surface area is 133 Å². The maximum absolute atomic E-state index is 6.05. The first-order valence-corrected chi connectivity index (χ1v) is 7.85. The average molecular weight is 357 g/mol. The van der Waals surface area contributed by atoms with Gasteiger partial charge in [-0.15, -0.1) is 0 Å². The van der Waals surface area contributed by atoms with Gasteiger partial charge in [-0.3, -0.25) is 0 Å². The molecular weight excluding hydrogens is 338 g/mol. The van der Waals surface area contributed by atoms with Gasteiger partial charge in [-0.05, 0) is 53.0 Å². The van der Waals surface area contributed by atoms with Gasteiger partial charge in [0.05, 0.1) is 16.4 Å². The number of halogens is 2. The van der Waals surface area contributed by atoms with Crippen LogP contribution >= 0.6 is 27.5 Å². The molecule has 20 heavy (non-hydrogen) atoms. The first kappa shape index (κ1) is 15.5. The number of hydrogen-bond acceptors (Lipinski definition) is 2. The fourth-order valence-corrected chi connectivity index (χ4v) is 2.65. The Balaban J connectivity index is 2.13. The van der Waals surface area contributed by atoms with E-state index in [0.717, 1.165) is 28.9 Å². The summed E-state index contributed by atoms with van der Waals surface area (Å²) in [5, 5.41) is 8.51. The second-order valence-corrected chi connectivity index (χ2v) is 6.58. The van der Waals surface area contributed by atoms with Crippen molar-refractivity contribution in [2.75, 3.05) is 6.54 Å². The third-order valence-electron chi connectivity index (χ3n) is 2.98. The molecule has 1 aromatic heterocycles. The zero-order valence-corrected chi connectivity index (χ0v) is 14.3. The van der Waals surface area contributed by atoms with Gasteiger partial charge in [-0.2, -0.15) is 5.10 Å². The summed E-state index contributed by atoms with van der Waals surface area (Å²) in [6, 6.07) is 6.28. The van der Waals surface area contributed by atoms with Crippen LogP contribution in [0.5, 0.6) is 0 Å². The SMILES string of the molecule is Cc1nn(-c2ccc(CNCC(C)C)cc2Br)cc1Cl. The third-order valence-corrected chi connectivity index (χ3v) is 3.99. The zero-order valence-electron chi connectivity index (χ0n) is 12.0. The van der Waals surface area contributed by atoms with Gasteiger partial charge in [-0.1, -0.05) is 31.5 Å². The van der Waals surface area contributed by atoms with Crippen molar-refractivity contribution < 1.29 is 0 Å². The van der Waals surface area contributed by atoms with E-state index in [1.807, 2.05) is 13.1 Å². The quantitative estimate of drug-likeness (QED) is 0.863. The molecule has 0 saturated heterocycles. The Kier molecular flexibility index (Phi) is 5.24. The Morgan fingerprint density at radius 3 is 2.70 bits per heavy atom. The molecule has 5 heteroatoms. The molecular formula is C15H19BrClN3. The van der Waals surface area contributed by atoms with Crippen LogP contribution in [0.3, 0.4) is 0 Å². The third kappa shape index (κ3) is 3.84. The molecule has 108 valence electrons. The number of aryl methyl sites for hydroxylation is 1. The van der Waals surface area contributed by atoms with Crippen LogP contribution in [0.1, 0.15) is 25.1 Å². The predicted molar refractivity (Wildman–Crippen MR) is 87.6 cm³/mol. The maximum Gasteiger partial charge on any atom is 0.0819 e. The first-order chi connectivity index (χ1) is 9.47. The van der Waals surface area contributed by atoms with Crippen molar-refractivity contribution in [1.82, 2.24) is 15.1 Å². The minimum absolute atomic E-state index is 0.659. The molecule has 0 radical (unpaired) electrons. The topological polar surface area (TPSA) is 29.9 Å². The van der Waals surface area contributed by atoms with Crippen molar-refractivity contribution in [2.24, 2.45) is 5.92 Å². The van der Waals surface area contributed by atoms with E-state index in [2.05, 4.69) is 58.4 Å². The van der Waals surface area contributed by atoms with Crippen LogP contribution < -0.4 is 5.32 Å². The summed E-state index contributed by atoms with van der Waals surface area (Å²) >= 11 is 9.66. The molecule has 0 amide bonds. The summed E-state index contributed by atoms with van der Waals surface area (Å²) in [6.07, 6.45) is 1.83. The lowest BCUT2D eigenvalue weighted by Crippen LogP contribution is -2.18. The highest BCUT2D eigenvalue weighted by Crippen LogP contribution is 2.24. The summed E-state index contributed by atoms with van der Waals surface area (Å²) in [4.78, 5) is 0. The lowest BCUT2D eigenvalue weighted by molar-refractivity contribution is 0.552. The molecule has 0 fully saturated rings. The van der Waals surface area contributed by atoms with Gasteiger partial charge in [0.2, 0.25) is 0 Å². The van der Waals surface area contributed by atoms with Crippen LogP contribution in [0.2, 0.25) is 5.02 Å². The maximum atomic E-state index is 6.05. The van der Waals surface area contributed by atoms with Crippen LogP contribution in [-0.2, 0) is 6.54 Å². The molecule has 0 saturated carbocycles. The van der Waals surface area contributed by atoms with Crippen molar-refractivity contribution in [2.45, 2.75) is 27.3 Å². The monoisotopic (exact) mass is 355 g/mol. The van der Waals surface area contributed by atoms with E-state index >= 15 is 0 Å². The zero-order chi connectivity index (χ0) is 14.7. The molecule has 1 aromatic carbocycles. The fraction of sp³-hybridized carbons (Fsp3) is 0.400. The molecule has 0 bridgehead atoms. The molecule has 0 spiro atoms. The van der Waals surface area contributed by atoms with E-state index in [1.165, 1.54) is 5.56 Å². The summed E-state index contributed by atoms with van der Waals surface area (Å²) in [5.41, 5.74) is 3.07. The molecule has 0 atom stereocenters. The van der Waals surface area contributed by atoms with Crippen LogP contribution in [0.15, 0.2) is 28.9 Å². The summed E-state index contributed by atoms with van der Waals surface area (Å²) < 4.78 is 2.81. The second-order valence-electron chi connectivity index (χ2n) is 5.32. The number of nitrogens with one attached hydrogen (secondary N) is 1. The Morgan fingerprint density at radius 2 is 2.15 bits per heavy atom. The van der Waals surface area contributed by atoms with E-state index in [0.29, 0.717) is 10.9 Å². The minimum Gasteiger partial charge on any atom is -0.312 e. The molecule has 2 rings (SSSR count). The summed E-state index contributed by atoms with van der Waals surface area (Å²) in [7, 11) is 0. The first-order valence-electron chi connectivity index (χ1n) is 6.68. The van der Waals surface area contributed by atoms with Crippen LogP contribution in [0.25, 0.3) is 5.69 Å². The largest absolute Gasteiger partial charge is 0.312 e. The number of rotatable bonds is 5. The second kappa shape index (κ2) is 6.74. The predicted octanol–water partition coefficient (Wildman–Crippen LogP) is 4.34. The Hall–Kier alpha value is -0.840. The lowest BCUT2D eigenvalue weighted by Gasteiger charge is -2.10. The molecule has 2 aromatic rings. The standard InChI is InChI=1S/C15H19BrClN3/c1-10(2)7-18-8-12-4-5-15(13(16)6-12)20-9-14(17)11(3)19-20/h4-6,9-10,18H,7-8H2,1-3H3. The molecule has 0 aliphatic heterocycles. The van der Waals surface area contributed by atoms with E-state index in [9.17, 15) is 0 Å². The molecule has 1 heterocycles. The van der Waals surface area contributed by atoms with E-state index in [1.54, 1.807) is 4.68 Å². The number of nitrogens with zero attached hydrogens (tertiary/aromatic N) is 2. The number of hydrogen-bond donors (Lipinski definition) is 1. The minimum atomic E-state index is 0.659. The lowest BCUT2D eigenvalue weighted by atomic mass is 10.2. The average Bonchev–Trinajstić information content (AvgIpc) is 2.69. The van der Waals surface area contributed by atoms with Gasteiger partial charge < -0.3 is 5.32 Å². The van der Waals surface area contributed by atoms with Crippen molar-refractivity contribution in [3.8, 4) is 5.69 Å². The van der Waals surface area contributed by atoms with Gasteiger partial charge in [0.15, 0.2) is 0 Å². The van der Waals surface area contributed by atoms with Gasteiger partial charge in [0.25, 0.3) is 0 Å². The molecule has 1 N–H and O–H groups in total. The van der Waals surface area contributed by atoms with Gasteiger partial charge in [0.1, 0.15) is 0 Å². The molecule has 0 unspecified atom stereocenters. The smallest absolute Gasteiger partial charge is 0.0819 e. The highest BCUT2D eigenvalue weighted by atomic mass is 79.9. The van der Waals surface area contributed by atoms with Gasteiger partial charge >= 0.3 is 0 Å². The van der Waals surface area contributed by atoms with Crippen LogP contribution in [0, 0.1) is 12.8 Å². The Bertz CT molecular complexity index is 573. The molecule has 0 aliphatic carbocycles. The number of aromatic nitrogens is 2. The van der Waals surface area contributed by atoms with E-state index in [-0.39, 0.29) is 0 Å². The molecule has 3 nitrogen and oxygen atoms in total. The highest BCUT2D eigenvalue weighted by Gasteiger charge is 2.08. The van der Waals surface area contributed by atoms with Gasteiger partial charge in [0, 0.05) is 17.2 Å². The Morgan fingerprint density at radius 1 is 1.40 bits per heavy atom. The van der Waals surface area contributed by atoms with Gasteiger partial charge in [-0.25, -0.2) is 4.68 Å². The normalized spacial score (nSPS) is 11.3. The van der Waals surface area contributed by atoms with Crippen molar-refractivity contribution in [3.05, 3.63) is 45.1 Å². The molecule has 0 aliphatic rings. The highest BCUT2D eigenvalue weighted by molar-refractivity contribution is 9.10.